The first-order valence-electron chi connectivity index (χ1n) is 10.4. The average Bonchev–Trinajstić information content (AvgIpc) is 3.41. The molecule has 0 atom stereocenters. The number of likely N-dealkylation sites (tertiary alicyclic amines) is 1. The first kappa shape index (κ1) is 21.7. The van der Waals surface area contributed by atoms with E-state index in [1.165, 1.54) is 17.0 Å². The topological polar surface area (TPSA) is 78.1 Å². The molecule has 4 aromatic rings. The van der Waals surface area contributed by atoms with Crippen LogP contribution >= 0.6 is 0 Å². The standard InChI is InChI=1S/C23H19F3N6O2/c1-14(24)22(33)31-11-15(12-31)20-19-18(30-10-9-27-13-30)7-8-28-21(19)32(29-20)16-3-5-17(6-4-16)34-23(2,25)26/h3-10,13,15H,1,11-12H2,2H3. The minimum Gasteiger partial charge on any atom is -0.433 e. The van der Waals surface area contributed by atoms with Gasteiger partial charge in [0.15, 0.2) is 11.5 Å². The monoisotopic (exact) mass is 468 g/mol. The van der Waals surface area contributed by atoms with Crippen molar-refractivity contribution in [2.24, 2.45) is 0 Å². The maximum absolute atomic E-state index is 13.3. The number of rotatable bonds is 6. The molecule has 8 nitrogen and oxygen atoms in total. The van der Waals surface area contributed by atoms with Gasteiger partial charge in [0.05, 0.1) is 28.8 Å². The van der Waals surface area contributed by atoms with Crippen LogP contribution in [0.1, 0.15) is 18.5 Å². The van der Waals surface area contributed by atoms with Crippen molar-refractivity contribution in [1.82, 2.24) is 29.2 Å². The number of imidazole rings is 1. The first-order chi connectivity index (χ1) is 16.2. The zero-order valence-corrected chi connectivity index (χ0v) is 18.0. The van der Waals surface area contributed by atoms with Gasteiger partial charge in [-0.05, 0) is 30.3 Å². The van der Waals surface area contributed by atoms with E-state index in [1.54, 1.807) is 41.7 Å². The number of alkyl halides is 2. The largest absolute Gasteiger partial charge is 0.433 e. The molecule has 0 saturated carbocycles. The first-order valence-corrected chi connectivity index (χ1v) is 10.4. The SMILES string of the molecule is C=C(F)C(=O)N1CC(c2nn(-c3ccc(OC(C)(F)F)cc3)c3nccc(-n4ccnc4)c23)C1. The Labute approximate surface area is 191 Å². The molecule has 1 aromatic carbocycles. The van der Waals surface area contributed by atoms with E-state index < -0.39 is 17.8 Å². The summed E-state index contributed by atoms with van der Waals surface area (Å²) in [5.74, 6) is -1.88. The van der Waals surface area contributed by atoms with Crippen molar-refractivity contribution in [3.8, 4) is 17.1 Å². The van der Waals surface area contributed by atoms with E-state index in [0.29, 0.717) is 24.0 Å². The molecule has 0 spiro atoms. The van der Waals surface area contributed by atoms with E-state index in [2.05, 4.69) is 21.3 Å². The molecule has 0 N–H and O–H groups in total. The van der Waals surface area contributed by atoms with Crippen LogP contribution in [-0.2, 0) is 4.79 Å². The highest BCUT2D eigenvalue weighted by Crippen LogP contribution is 2.36. The van der Waals surface area contributed by atoms with Crippen LogP contribution in [0.15, 0.2) is 67.7 Å². The second-order valence-corrected chi connectivity index (χ2v) is 8.01. The lowest BCUT2D eigenvalue weighted by atomic mass is 9.93. The lowest BCUT2D eigenvalue weighted by molar-refractivity contribution is -0.158. The average molecular weight is 468 g/mol. The molecule has 0 unspecified atom stereocenters. The van der Waals surface area contributed by atoms with Crippen LogP contribution in [0.2, 0.25) is 0 Å². The Morgan fingerprint density at radius 1 is 1.18 bits per heavy atom. The summed E-state index contributed by atoms with van der Waals surface area (Å²) in [6.07, 6.45) is 3.42. The molecule has 0 bridgehead atoms. The lowest BCUT2D eigenvalue weighted by Crippen LogP contribution is -2.48. The summed E-state index contributed by atoms with van der Waals surface area (Å²) in [7, 11) is 0. The second-order valence-electron chi connectivity index (χ2n) is 8.01. The lowest BCUT2D eigenvalue weighted by Gasteiger charge is -2.38. The van der Waals surface area contributed by atoms with Crippen LogP contribution < -0.4 is 4.74 Å². The third-order valence-corrected chi connectivity index (χ3v) is 5.52. The van der Waals surface area contributed by atoms with E-state index in [4.69, 9.17) is 5.10 Å². The van der Waals surface area contributed by atoms with Gasteiger partial charge in [-0.2, -0.15) is 13.9 Å². The molecule has 1 aliphatic rings. The molecule has 1 aliphatic heterocycles. The zero-order chi connectivity index (χ0) is 24.0. The van der Waals surface area contributed by atoms with Crippen LogP contribution in [0.3, 0.4) is 0 Å². The van der Waals surface area contributed by atoms with Gasteiger partial charge in [-0.25, -0.2) is 19.0 Å². The summed E-state index contributed by atoms with van der Waals surface area (Å²) >= 11 is 0. The Bertz CT molecular complexity index is 1370. The number of fused-ring (bicyclic) bond motifs is 1. The third kappa shape index (κ3) is 3.89. The van der Waals surface area contributed by atoms with Crippen LogP contribution in [0.4, 0.5) is 13.2 Å². The van der Waals surface area contributed by atoms with Crippen molar-refractivity contribution < 1.29 is 22.7 Å². The molecule has 1 fully saturated rings. The highest BCUT2D eigenvalue weighted by molar-refractivity contribution is 5.92. The minimum absolute atomic E-state index is 0.0135. The van der Waals surface area contributed by atoms with E-state index in [-0.39, 0.29) is 24.8 Å². The van der Waals surface area contributed by atoms with Gasteiger partial charge in [0, 0.05) is 44.5 Å². The minimum atomic E-state index is -3.30. The molecular weight excluding hydrogens is 449 g/mol. The smallest absolute Gasteiger partial charge is 0.394 e. The van der Waals surface area contributed by atoms with E-state index >= 15 is 0 Å². The number of carbonyl (C=O) groups is 1. The van der Waals surface area contributed by atoms with Gasteiger partial charge >= 0.3 is 6.11 Å². The summed E-state index contributed by atoms with van der Waals surface area (Å²) in [5.41, 5.74) is 2.59. The number of amides is 1. The number of aromatic nitrogens is 5. The Balaban J connectivity index is 1.58. The quantitative estimate of drug-likeness (QED) is 0.400. The van der Waals surface area contributed by atoms with Gasteiger partial charge in [-0.1, -0.05) is 6.58 Å². The molecule has 4 heterocycles. The summed E-state index contributed by atoms with van der Waals surface area (Å²) in [6, 6.07) is 7.89. The third-order valence-electron chi connectivity index (χ3n) is 5.52. The highest BCUT2D eigenvalue weighted by atomic mass is 19.3. The fourth-order valence-electron chi connectivity index (χ4n) is 3.99. The van der Waals surface area contributed by atoms with Gasteiger partial charge in [-0.15, -0.1) is 0 Å². The number of hydrogen-bond acceptors (Lipinski definition) is 5. The normalized spacial score (nSPS) is 14.3. The van der Waals surface area contributed by atoms with Gasteiger partial charge < -0.3 is 14.2 Å². The van der Waals surface area contributed by atoms with Gasteiger partial charge in [0.1, 0.15) is 5.75 Å². The number of pyridine rings is 1. The van der Waals surface area contributed by atoms with E-state index in [1.807, 2.05) is 10.6 Å². The number of nitrogens with zero attached hydrogens (tertiary/aromatic N) is 6. The van der Waals surface area contributed by atoms with Crippen molar-refractivity contribution in [2.75, 3.05) is 13.1 Å². The summed E-state index contributed by atoms with van der Waals surface area (Å²) in [6.45, 7) is 4.30. The highest BCUT2D eigenvalue weighted by Gasteiger charge is 2.37. The summed E-state index contributed by atoms with van der Waals surface area (Å²) in [5, 5.41) is 5.52. The van der Waals surface area contributed by atoms with E-state index in [9.17, 15) is 18.0 Å². The van der Waals surface area contributed by atoms with Crippen molar-refractivity contribution >= 4 is 16.9 Å². The van der Waals surface area contributed by atoms with Crippen molar-refractivity contribution in [1.29, 1.82) is 0 Å². The second kappa shape index (κ2) is 8.01. The van der Waals surface area contributed by atoms with Crippen LogP contribution in [0, 0.1) is 0 Å². The number of carbonyl (C=O) groups excluding carboxylic acids is 1. The van der Waals surface area contributed by atoms with E-state index in [0.717, 1.165) is 11.1 Å². The van der Waals surface area contributed by atoms with Gasteiger partial charge in [-0.3, -0.25) is 4.79 Å². The Kier molecular flexibility index (Phi) is 5.11. The van der Waals surface area contributed by atoms with Crippen molar-refractivity contribution in [2.45, 2.75) is 19.0 Å². The molecule has 5 rings (SSSR count). The Hall–Kier alpha value is -4.15. The number of hydrogen-bond donors (Lipinski definition) is 0. The Morgan fingerprint density at radius 3 is 2.53 bits per heavy atom. The molecule has 174 valence electrons. The van der Waals surface area contributed by atoms with Crippen molar-refractivity contribution in [3.05, 3.63) is 73.3 Å². The fourth-order valence-corrected chi connectivity index (χ4v) is 3.99. The maximum Gasteiger partial charge on any atom is 0.394 e. The van der Waals surface area contributed by atoms with Gasteiger partial charge in [0.25, 0.3) is 5.91 Å². The zero-order valence-electron chi connectivity index (χ0n) is 18.0. The molecule has 11 heteroatoms. The summed E-state index contributed by atoms with van der Waals surface area (Å²) in [4.78, 5) is 21.9. The van der Waals surface area contributed by atoms with Gasteiger partial charge in [0.2, 0.25) is 0 Å². The number of benzene rings is 1. The Morgan fingerprint density at radius 2 is 1.91 bits per heavy atom. The number of halogens is 3. The van der Waals surface area contributed by atoms with Crippen LogP contribution in [-0.4, -0.2) is 54.3 Å². The summed E-state index contributed by atoms with van der Waals surface area (Å²) < 4.78 is 47.7. The number of ether oxygens (including phenoxy) is 1. The molecule has 0 radical (unpaired) electrons. The molecule has 3 aromatic heterocycles. The maximum atomic E-state index is 13.3. The molecule has 1 amide bonds. The molecule has 1 saturated heterocycles. The molecule has 34 heavy (non-hydrogen) atoms. The predicted octanol–water partition coefficient (Wildman–Crippen LogP) is 4.01. The fraction of sp³-hybridized carbons (Fsp3) is 0.217. The van der Waals surface area contributed by atoms with Crippen LogP contribution in [0.5, 0.6) is 5.75 Å². The molecular formula is C23H19F3N6O2. The van der Waals surface area contributed by atoms with Crippen LogP contribution in [0.25, 0.3) is 22.4 Å². The predicted molar refractivity (Wildman–Crippen MR) is 117 cm³/mol. The van der Waals surface area contributed by atoms with Crippen molar-refractivity contribution in [3.63, 3.8) is 0 Å². The molecule has 0 aliphatic carbocycles.